The molecular weight excluding hydrogens is 334 g/mol. The normalized spacial score (nSPS) is 21.6. The van der Waals surface area contributed by atoms with E-state index in [1.54, 1.807) is 11.0 Å². The molecule has 114 valence electrons. The zero-order valence-electron chi connectivity index (χ0n) is 12.4. The summed E-state index contributed by atoms with van der Waals surface area (Å²) < 4.78 is 0.748. The molecule has 1 atom stereocenters. The van der Waals surface area contributed by atoms with E-state index in [0.717, 1.165) is 22.9 Å². The molecule has 2 rings (SSSR count). The van der Waals surface area contributed by atoms with E-state index in [2.05, 4.69) is 15.9 Å². The minimum absolute atomic E-state index is 0.195. The number of nitrogens with zero attached hydrogens (tertiary/aromatic N) is 1. The van der Waals surface area contributed by atoms with Crippen LogP contribution in [0, 0.1) is 6.92 Å². The molecule has 21 heavy (non-hydrogen) atoms. The third-order valence-electron chi connectivity index (χ3n) is 4.22. The van der Waals surface area contributed by atoms with Crippen LogP contribution in [0.4, 0.5) is 0 Å². The number of halogens is 1. The van der Waals surface area contributed by atoms with Crippen molar-refractivity contribution in [1.29, 1.82) is 0 Å². The minimum atomic E-state index is -1.05. The number of aliphatic carboxylic acids is 1. The second-order valence-electron chi connectivity index (χ2n) is 5.58. The van der Waals surface area contributed by atoms with E-state index in [-0.39, 0.29) is 5.91 Å². The first kappa shape index (κ1) is 16.0. The van der Waals surface area contributed by atoms with Crippen LogP contribution in [-0.4, -0.2) is 34.0 Å². The highest BCUT2D eigenvalue weighted by Gasteiger charge is 2.49. The van der Waals surface area contributed by atoms with Gasteiger partial charge in [-0.1, -0.05) is 25.5 Å². The van der Waals surface area contributed by atoms with Gasteiger partial charge in [0.05, 0.1) is 5.56 Å². The maximum atomic E-state index is 12.8. The molecule has 4 nitrogen and oxygen atoms in total. The van der Waals surface area contributed by atoms with Gasteiger partial charge in [0.2, 0.25) is 0 Å². The first-order valence-corrected chi connectivity index (χ1v) is 8.04. The Kier molecular flexibility index (Phi) is 4.71. The van der Waals surface area contributed by atoms with Gasteiger partial charge in [0.15, 0.2) is 0 Å². The maximum Gasteiger partial charge on any atom is 0.329 e. The molecule has 1 aliphatic heterocycles. The van der Waals surface area contributed by atoms with Gasteiger partial charge >= 0.3 is 5.97 Å². The molecule has 1 saturated heterocycles. The number of likely N-dealkylation sites (tertiary alicyclic amines) is 1. The van der Waals surface area contributed by atoms with E-state index < -0.39 is 11.5 Å². The molecule has 0 aromatic heterocycles. The van der Waals surface area contributed by atoms with Crippen LogP contribution < -0.4 is 0 Å². The fraction of sp³-hybridized carbons (Fsp3) is 0.500. The minimum Gasteiger partial charge on any atom is -0.479 e. The molecule has 1 N–H and O–H groups in total. The number of hydrogen-bond donors (Lipinski definition) is 1. The number of amides is 1. The van der Waals surface area contributed by atoms with Gasteiger partial charge in [0.1, 0.15) is 5.54 Å². The molecule has 0 bridgehead atoms. The lowest BCUT2D eigenvalue weighted by atomic mass is 9.90. The average molecular weight is 354 g/mol. The highest BCUT2D eigenvalue weighted by molar-refractivity contribution is 9.10. The van der Waals surface area contributed by atoms with E-state index in [9.17, 15) is 14.7 Å². The summed E-state index contributed by atoms with van der Waals surface area (Å²) in [7, 11) is 0. The predicted octanol–water partition coefficient (Wildman–Crippen LogP) is 3.62. The van der Waals surface area contributed by atoms with Crippen LogP contribution in [0.25, 0.3) is 0 Å². The summed E-state index contributed by atoms with van der Waals surface area (Å²) in [6, 6.07) is 5.49. The highest BCUT2D eigenvalue weighted by Crippen LogP contribution is 2.36. The van der Waals surface area contributed by atoms with Crippen LogP contribution in [0.3, 0.4) is 0 Å². The molecule has 1 fully saturated rings. The quantitative estimate of drug-likeness (QED) is 0.899. The molecule has 1 aliphatic rings. The number of aryl methyl sites for hydroxylation is 1. The highest BCUT2D eigenvalue weighted by atomic mass is 79.9. The number of hydrogen-bond acceptors (Lipinski definition) is 2. The van der Waals surface area contributed by atoms with Crippen molar-refractivity contribution < 1.29 is 14.7 Å². The Bertz CT molecular complexity index is 573. The van der Waals surface area contributed by atoms with E-state index in [4.69, 9.17) is 0 Å². The van der Waals surface area contributed by atoms with Crippen molar-refractivity contribution in [3.63, 3.8) is 0 Å². The smallest absolute Gasteiger partial charge is 0.329 e. The molecule has 0 spiro atoms. The Morgan fingerprint density at radius 3 is 2.76 bits per heavy atom. The van der Waals surface area contributed by atoms with Crippen LogP contribution in [0.5, 0.6) is 0 Å². The lowest BCUT2D eigenvalue weighted by molar-refractivity contribution is -0.148. The van der Waals surface area contributed by atoms with Gasteiger partial charge in [0, 0.05) is 11.0 Å². The van der Waals surface area contributed by atoms with E-state index in [1.165, 1.54) is 0 Å². The first-order valence-electron chi connectivity index (χ1n) is 7.24. The fourth-order valence-corrected chi connectivity index (χ4v) is 3.57. The van der Waals surface area contributed by atoms with Crippen molar-refractivity contribution in [2.24, 2.45) is 0 Å². The maximum absolute atomic E-state index is 12.8. The Hall–Kier alpha value is -1.36. The molecule has 0 aliphatic carbocycles. The first-order chi connectivity index (χ1) is 9.94. The lowest BCUT2D eigenvalue weighted by Gasteiger charge is -2.35. The summed E-state index contributed by atoms with van der Waals surface area (Å²) in [5, 5.41) is 9.68. The second-order valence-corrected chi connectivity index (χ2v) is 6.38. The monoisotopic (exact) mass is 353 g/mol. The van der Waals surface area contributed by atoms with Crippen molar-refractivity contribution >= 4 is 27.8 Å². The standard InChI is InChI=1S/C16H20BrNO3/c1-3-8-16(15(20)21)9-5-10-18(16)14(19)12-7-4-6-11(2)13(12)17/h4,6-7H,3,5,8-10H2,1-2H3,(H,20,21). The number of benzene rings is 1. The van der Waals surface area contributed by atoms with Crippen LogP contribution in [-0.2, 0) is 4.79 Å². The van der Waals surface area contributed by atoms with Crippen LogP contribution in [0.1, 0.15) is 48.5 Å². The second kappa shape index (κ2) is 6.18. The zero-order chi connectivity index (χ0) is 15.6. The van der Waals surface area contributed by atoms with Crippen LogP contribution >= 0.6 is 15.9 Å². The van der Waals surface area contributed by atoms with Crippen molar-refractivity contribution in [2.75, 3.05) is 6.54 Å². The topological polar surface area (TPSA) is 57.6 Å². The summed E-state index contributed by atoms with van der Waals surface area (Å²) in [6.07, 6.45) is 2.51. The molecule has 0 radical (unpaired) electrons. The van der Waals surface area contributed by atoms with Crippen molar-refractivity contribution in [3.8, 4) is 0 Å². The van der Waals surface area contributed by atoms with Crippen LogP contribution in [0.15, 0.2) is 22.7 Å². The van der Waals surface area contributed by atoms with Crippen LogP contribution in [0.2, 0.25) is 0 Å². The number of rotatable bonds is 4. The number of carboxylic acid groups (broad SMARTS) is 1. The summed E-state index contributed by atoms with van der Waals surface area (Å²) in [5.74, 6) is -1.09. The molecule has 1 aromatic rings. The van der Waals surface area contributed by atoms with Gasteiger partial charge < -0.3 is 10.0 Å². The summed E-state index contributed by atoms with van der Waals surface area (Å²) in [5.41, 5.74) is 0.463. The molecule has 1 aromatic carbocycles. The molecule has 1 unspecified atom stereocenters. The predicted molar refractivity (Wildman–Crippen MR) is 84.4 cm³/mol. The van der Waals surface area contributed by atoms with Gasteiger partial charge in [-0.2, -0.15) is 0 Å². The number of carboxylic acids is 1. The average Bonchev–Trinajstić information content (AvgIpc) is 2.86. The Labute approximate surface area is 133 Å². The van der Waals surface area contributed by atoms with Crippen molar-refractivity contribution in [3.05, 3.63) is 33.8 Å². The third kappa shape index (κ3) is 2.71. The molecular formula is C16H20BrNO3. The SMILES string of the molecule is CCCC1(C(=O)O)CCCN1C(=O)c1cccc(C)c1Br. The van der Waals surface area contributed by atoms with Gasteiger partial charge in [-0.05, 0) is 53.7 Å². The largest absolute Gasteiger partial charge is 0.479 e. The van der Waals surface area contributed by atoms with Crippen molar-refractivity contribution in [2.45, 2.75) is 45.1 Å². The van der Waals surface area contributed by atoms with E-state index >= 15 is 0 Å². The number of carbonyl (C=O) groups excluding carboxylic acids is 1. The fourth-order valence-electron chi connectivity index (χ4n) is 3.14. The van der Waals surface area contributed by atoms with Crippen molar-refractivity contribution in [1.82, 2.24) is 4.90 Å². The Morgan fingerprint density at radius 1 is 1.43 bits per heavy atom. The zero-order valence-corrected chi connectivity index (χ0v) is 13.9. The lowest BCUT2D eigenvalue weighted by Crippen LogP contribution is -2.53. The summed E-state index contributed by atoms with van der Waals surface area (Å²) in [6.45, 7) is 4.38. The summed E-state index contributed by atoms with van der Waals surface area (Å²) >= 11 is 3.45. The Balaban J connectivity index is 2.41. The Morgan fingerprint density at radius 2 is 2.14 bits per heavy atom. The van der Waals surface area contributed by atoms with E-state index in [1.807, 2.05) is 26.0 Å². The third-order valence-corrected chi connectivity index (χ3v) is 5.27. The van der Waals surface area contributed by atoms with Gasteiger partial charge in [0.25, 0.3) is 5.91 Å². The van der Waals surface area contributed by atoms with Gasteiger partial charge in [-0.25, -0.2) is 4.79 Å². The van der Waals surface area contributed by atoms with E-state index in [0.29, 0.717) is 24.9 Å². The number of carbonyl (C=O) groups is 2. The molecule has 1 heterocycles. The molecule has 5 heteroatoms. The molecule has 0 saturated carbocycles. The molecule has 1 amide bonds. The summed E-state index contributed by atoms with van der Waals surface area (Å²) in [4.78, 5) is 26.2. The van der Waals surface area contributed by atoms with Gasteiger partial charge in [-0.15, -0.1) is 0 Å². The van der Waals surface area contributed by atoms with Gasteiger partial charge in [-0.3, -0.25) is 4.79 Å².